The standard InChI is InChI=1S/C20H23N5O2S.C2H4O/c1-14-7-9-21-18(11-14)24-17-6-4-5-15(23-17)16-12-22-19(28-16)13-25(2)10-8-20(26)27-3;1-2-3/h4-7,9,11-12H,8,10,13H2,1-3H3,(H,21,23,24);2H,1H3. The molecule has 8 nitrogen and oxygen atoms in total. The van der Waals surface area contributed by atoms with Crippen LogP contribution in [0.2, 0.25) is 0 Å². The third-order valence-corrected chi connectivity index (χ3v) is 5.06. The first-order chi connectivity index (χ1) is 14.9. The SMILES string of the molecule is CC=O.COC(=O)CCN(C)Cc1ncc(-c2cccc(Nc3cc(C)ccn3)n2)s1. The molecule has 0 atom stereocenters. The van der Waals surface area contributed by atoms with Gasteiger partial charge in [0.05, 0.1) is 30.6 Å². The first-order valence-electron chi connectivity index (χ1n) is 9.72. The smallest absolute Gasteiger partial charge is 0.306 e. The molecule has 0 aliphatic carbocycles. The topological polar surface area (TPSA) is 97.3 Å². The van der Waals surface area contributed by atoms with E-state index in [0.29, 0.717) is 19.5 Å². The second kappa shape index (κ2) is 12.5. The van der Waals surface area contributed by atoms with Crippen LogP contribution in [0.4, 0.5) is 11.6 Å². The number of esters is 1. The van der Waals surface area contributed by atoms with Crippen LogP contribution in [0.25, 0.3) is 10.6 Å². The first-order valence-corrected chi connectivity index (χ1v) is 10.5. The Morgan fingerprint density at radius 3 is 2.74 bits per heavy atom. The van der Waals surface area contributed by atoms with Gasteiger partial charge in [0, 0.05) is 18.9 Å². The maximum absolute atomic E-state index is 11.3. The Balaban J connectivity index is 0.00000107. The van der Waals surface area contributed by atoms with Crippen molar-refractivity contribution in [3.05, 3.63) is 53.3 Å². The lowest BCUT2D eigenvalue weighted by atomic mass is 10.3. The molecule has 0 amide bonds. The minimum atomic E-state index is -0.205. The van der Waals surface area contributed by atoms with E-state index in [-0.39, 0.29) is 5.97 Å². The predicted molar refractivity (Wildman–Crippen MR) is 122 cm³/mol. The van der Waals surface area contributed by atoms with Gasteiger partial charge in [0.1, 0.15) is 22.9 Å². The first kappa shape index (κ1) is 24.1. The number of methoxy groups -OCH3 is 1. The lowest BCUT2D eigenvalue weighted by Crippen LogP contribution is -2.21. The summed E-state index contributed by atoms with van der Waals surface area (Å²) in [5.74, 6) is 1.30. The van der Waals surface area contributed by atoms with Gasteiger partial charge in [-0.1, -0.05) is 6.07 Å². The quantitative estimate of drug-likeness (QED) is 0.416. The number of aldehydes is 1. The van der Waals surface area contributed by atoms with E-state index in [4.69, 9.17) is 4.79 Å². The van der Waals surface area contributed by atoms with E-state index >= 15 is 0 Å². The number of carbonyl (C=O) groups excluding carboxylic acids is 2. The molecule has 3 heterocycles. The molecule has 0 aromatic carbocycles. The van der Waals surface area contributed by atoms with Crippen molar-refractivity contribution in [2.75, 3.05) is 26.0 Å². The number of ether oxygens (including phenoxy) is 1. The van der Waals surface area contributed by atoms with Gasteiger partial charge in [-0.25, -0.2) is 15.0 Å². The number of nitrogens with zero attached hydrogens (tertiary/aromatic N) is 4. The second-order valence-corrected chi connectivity index (χ2v) is 7.78. The van der Waals surface area contributed by atoms with Crippen molar-refractivity contribution >= 4 is 35.2 Å². The minimum absolute atomic E-state index is 0.205. The van der Waals surface area contributed by atoms with Gasteiger partial charge in [-0.3, -0.25) is 9.69 Å². The number of hydrogen-bond acceptors (Lipinski definition) is 9. The lowest BCUT2D eigenvalue weighted by molar-refractivity contribution is -0.140. The summed E-state index contributed by atoms with van der Waals surface area (Å²) < 4.78 is 4.68. The van der Waals surface area contributed by atoms with Crippen LogP contribution in [0.15, 0.2) is 42.7 Å². The number of pyridine rings is 2. The van der Waals surface area contributed by atoms with Crippen molar-refractivity contribution in [3.63, 3.8) is 0 Å². The largest absolute Gasteiger partial charge is 0.469 e. The molecule has 0 bridgehead atoms. The predicted octanol–water partition coefficient (Wildman–Crippen LogP) is 3.85. The van der Waals surface area contributed by atoms with Crippen LogP contribution in [0.3, 0.4) is 0 Å². The Hall–Kier alpha value is -3.17. The van der Waals surface area contributed by atoms with Crippen LogP contribution >= 0.6 is 11.3 Å². The van der Waals surface area contributed by atoms with Gasteiger partial charge >= 0.3 is 5.97 Å². The summed E-state index contributed by atoms with van der Waals surface area (Å²) in [5, 5.41) is 4.21. The maximum Gasteiger partial charge on any atom is 0.306 e. The van der Waals surface area contributed by atoms with Crippen molar-refractivity contribution in [2.24, 2.45) is 0 Å². The Labute approximate surface area is 186 Å². The summed E-state index contributed by atoms with van der Waals surface area (Å²) in [4.78, 5) is 36.6. The number of rotatable bonds is 8. The van der Waals surface area contributed by atoms with Crippen LogP contribution in [0.5, 0.6) is 0 Å². The van der Waals surface area contributed by atoms with Crippen LogP contribution < -0.4 is 5.32 Å². The van der Waals surface area contributed by atoms with E-state index in [1.54, 1.807) is 17.5 Å². The fourth-order valence-electron chi connectivity index (χ4n) is 2.57. The number of thiazole rings is 1. The third-order valence-electron chi connectivity index (χ3n) is 4.06. The Kier molecular flexibility index (Phi) is 9.73. The van der Waals surface area contributed by atoms with E-state index in [2.05, 4.69) is 25.0 Å². The molecular formula is C22H27N5O3S. The monoisotopic (exact) mass is 441 g/mol. The molecule has 0 radical (unpaired) electrons. The molecule has 9 heteroatoms. The highest BCUT2D eigenvalue weighted by atomic mass is 32.1. The van der Waals surface area contributed by atoms with Gasteiger partial charge in [0.25, 0.3) is 0 Å². The summed E-state index contributed by atoms with van der Waals surface area (Å²) in [6, 6.07) is 9.77. The molecule has 164 valence electrons. The van der Waals surface area contributed by atoms with Crippen molar-refractivity contribution in [2.45, 2.75) is 26.8 Å². The number of aryl methyl sites for hydroxylation is 1. The molecule has 0 aliphatic rings. The Bertz CT molecular complexity index is 993. The summed E-state index contributed by atoms with van der Waals surface area (Å²) in [6.45, 7) is 4.77. The fraction of sp³-hybridized carbons (Fsp3) is 0.318. The fourth-order valence-corrected chi connectivity index (χ4v) is 3.54. The highest BCUT2D eigenvalue weighted by Crippen LogP contribution is 2.26. The zero-order chi connectivity index (χ0) is 22.6. The number of aromatic nitrogens is 3. The van der Waals surface area contributed by atoms with Gasteiger partial charge in [-0.05, 0) is 50.7 Å². The third kappa shape index (κ3) is 8.23. The molecule has 0 unspecified atom stereocenters. The van der Waals surface area contributed by atoms with Crippen LogP contribution in [0.1, 0.15) is 23.9 Å². The highest BCUT2D eigenvalue weighted by molar-refractivity contribution is 7.15. The van der Waals surface area contributed by atoms with Gasteiger partial charge in [0.2, 0.25) is 0 Å². The number of carbonyl (C=O) groups is 2. The van der Waals surface area contributed by atoms with E-state index < -0.39 is 0 Å². The molecule has 31 heavy (non-hydrogen) atoms. The summed E-state index contributed by atoms with van der Waals surface area (Å²) in [5.41, 5.74) is 2.00. The highest BCUT2D eigenvalue weighted by Gasteiger charge is 2.10. The van der Waals surface area contributed by atoms with Gasteiger partial charge in [-0.2, -0.15) is 0 Å². The average molecular weight is 442 g/mol. The molecule has 3 aromatic heterocycles. The van der Waals surface area contributed by atoms with Crippen molar-refractivity contribution in [1.82, 2.24) is 19.9 Å². The van der Waals surface area contributed by atoms with Crippen molar-refractivity contribution < 1.29 is 14.3 Å². The second-order valence-electron chi connectivity index (χ2n) is 6.67. The normalized spacial score (nSPS) is 10.2. The molecule has 0 aliphatic heterocycles. The summed E-state index contributed by atoms with van der Waals surface area (Å²) >= 11 is 1.60. The Morgan fingerprint density at radius 1 is 1.26 bits per heavy atom. The van der Waals surface area contributed by atoms with Crippen LogP contribution in [0, 0.1) is 6.92 Å². The number of anilines is 2. The zero-order valence-corrected chi connectivity index (χ0v) is 19.0. The van der Waals surface area contributed by atoms with Gasteiger partial charge in [0.15, 0.2) is 0 Å². The molecule has 0 saturated heterocycles. The maximum atomic E-state index is 11.3. The van der Waals surface area contributed by atoms with E-state index in [1.807, 2.05) is 55.4 Å². The van der Waals surface area contributed by atoms with Crippen LogP contribution in [-0.4, -0.2) is 52.8 Å². The number of hydrogen-bond donors (Lipinski definition) is 1. The van der Waals surface area contributed by atoms with E-state index in [1.165, 1.54) is 14.0 Å². The van der Waals surface area contributed by atoms with Gasteiger partial charge in [-0.15, -0.1) is 11.3 Å². The molecule has 3 rings (SSSR count). The van der Waals surface area contributed by atoms with E-state index in [9.17, 15) is 4.79 Å². The molecule has 0 spiro atoms. The number of nitrogens with one attached hydrogen (secondary N) is 1. The summed E-state index contributed by atoms with van der Waals surface area (Å²) in [7, 11) is 3.36. The Morgan fingerprint density at radius 2 is 2.03 bits per heavy atom. The van der Waals surface area contributed by atoms with Crippen molar-refractivity contribution in [1.29, 1.82) is 0 Å². The van der Waals surface area contributed by atoms with Gasteiger partial charge < -0.3 is 14.8 Å². The average Bonchev–Trinajstić information content (AvgIpc) is 3.21. The lowest BCUT2D eigenvalue weighted by Gasteiger charge is -2.13. The molecule has 1 N–H and O–H groups in total. The molecule has 0 fully saturated rings. The van der Waals surface area contributed by atoms with Crippen molar-refractivity contribution in [3.8, 4) is 10.6 Å². The molecular weight excluding hydrogens is 414 g/mol. The molecule has 3 aromatic rings. The van der Waals surface area contributed by atoms with Crippen LogP contribution in [-0.2, 0) is 20.9 Å². The molecule has 0 saturated carbocycles. The zero-order valence-electron chi connectivity index (χ0n) is 18.2. The minimum Gasteiger partial charge on any atom is -0.469 e. The summed E-state index contributed by atoms with van der Waals surface area (Å²) in [6.07, 6.45) is 4.73. The van der Waals surface area contributed by atoms with E-state index in [0.717, 1.165) is 39.1 Å².